The molecule has 1 amide bonds. The van der Waals surface area contributed by atoms with Gasteiger partial charge in [0.05, 0.1) is 12.0 Å². The molecule has 0 bridgehead atoms. The van der Waals surface area contributed by atoms with Gasteiger partial charge in [-0.2, -0.15) is 0 Å². The van der Waals surface area contributed by atoms with Crippen LogP contribution in [-0.2, 0) is 9.53 Å². The van der Waals surface area contributed by atoms with Crippen molar-refractivity contribution in [1.82, 2.24) is 10.2 Å². The average Bonchev–Trinajstić information content (AvgIpc) is 2.54. The molecule has 2 saturated heterocycles. The van der Waals surface area contributed by atoms with Gasteiger partial charge in [-0.25, -0.2) is 0 Å². The maximum atomic E-state index is 13.0. The van der Waals surface area contributed by atoms with Crippen molar-refractivity contribution in [3.8, 4) is 0 Å². The summed E-state index contributed by atoms with van der Waals surface area (Å²) >= 11 is 0. The van der Waals surface area contributed by atoms with Crippen LogP contribution in [0.3, 0.4) is 0 Å². The zero-order valence-corrected chi connectivity index (χ0v) is 14.7. The Morgan fingerprint density at radius 3 is 2.48 bits per heavy atom. The molecule has 5 heteroatoms. The van der Waals surface area contributed by atoms with Crippen LogP contribution in [0, 0.1) is 5.92 Å². The molecule has 0 spiro atoms. The maximum Gasteiger partial charge on any atom is 0.228 e. The lowest BCUT2D eigenvalue weighted by Gasteiger charge is -2.40. The zero-order chi connectivity index (χ0) is 15.5. The Balaban J connectivity index is 0.00000192. The Hall–Kier alpha value is -1.10. The second-order valence-corrected chi connectivity index (χ2v) is 6.66. The molecule has 128 valence electrons. The largest absolute Gasteiger partial charge is 0.373 e. The standard InChI is InChI=1S/C18H26N2O2.ClH/c1-13-11-20(12-14(2)19-13)18(21)16-9-6-10-22-17(16)15-7-4-3-5-8-15;/h3-5,7-8,13-14,16-17,19H,6,9-12H2,1-2H3;1H. The van der Waals surface area contributed by atoms with Crippen molar-refractivity contribution in [3.05, 3.63) is 35.9 Å². The molecular formula is C18H27ClN2O2. The maximum absolute atomic E-state index is 13.0. The van der Waals surface area contributed by atoms with E-state index in [1.54, 1.807) is 0 Å². The van der Waals surface area contributed by atoms with Crippen molar-refractivity contribution in [1.29, 1.82) is 0 Å². The summed E-state index contributed by atoms with van der Waals surface area (Å²) in [4.78, 5) is 15.1. The number of rotatable bonds is 2. The van der Waals surface area contributed by atoms with Crippen molar-refractivity contribution in [3.63, 3.8) is 0 Å². The normalized spacial score (nSPS) is 31.3. The van der Waals surface area contributed by atoms with Crippen LogP contribution >= 0.6 is 12.4 Å². The number of nitrogens with one attached hydrogen (secondary N) is 1. The fraction of sp³-hybridized carbons (Fsp3) is 0.611. The first-order chi connectivity index (χ1) is 10.6. The average molecular weight is 339 g/mol. The predicted octanol–water partition coefficient (Wildman–Crippen LogP) is 2.78. The molecule has 2 heterocycles. The molecule has 2 aliphatic heterocycles. The summed E-state index contributed by atoms with van der Waals surface area (Å²) in [5, 5.41) is 3.48. The first-order valence-corrected chi connectivity index (χ1v) is 8.36. The van der Waals surface area contributed by atoms with Gasteiger partial charge in [-0.05, 0) is 32.3 Å². The number of nitrogens with zero attached hydrogens (tertiary/aromatic N) is 1. The van der Waals surface area contributed by atoms with Gasteiger partial charge in [-0.15, -0.1) is 12.4 Å². The minimum atomic E-state index is -0.0945. The number of hydrogen-bond donors (Lipinski definition) is 1. The van der Waals surface area contributed by atoms with Crippen LogP contribution in [0.1, 0.15) is 38.4 Å². The van der Waals surface area contributed by atoms with Crippen LogP contribution in [0.5, 0.6) is 0 Å². The van der Waals surface area contributed by atoms with Crippen LogP contribution in [-0.4, -0.2) is 42.6 Å². The summed E-state index contributed by atoms with van der Waals surface area (Å²) < 4.78 is 5.98. The van der Waals surface area contributed by atoms with E-state index in [1.807, 2.05) is 23.1 Å². The van der Waals surface area contributed by atoms with Gasteiger partial charge in [0.25, 0.3) is 0 Å². The summed E-state index contributed by atoms with van der Waals surface area (Å²) in [5.74, 6) is 0.211. The van der Waals surface area contributed by atoms with E-state index >= 15 is 0 Å². The number of hydrogen-bond acceptors (Lipinski definition) is 3. The van der Waals surface area contributed by atoms with E-state index in [1.165, 1.54) is 0 Å². The fourth-order valence-electron chi connectivity index (χ4n) is 3.75. The van der Waals surface area contributed by atoms with E-state index in [4.69, 9.17) is 4.74 Å². The number of carbonyl (C=O) groups excluding carboxylic acids is 1. The van der Waals surface area contributed by atoms with Crippen molar-refractivity contribution in [2.45, 2.75) is 44.9 Å². The highest BCUT2D eigenvalue weighted by atomic mass is 35.5. The minimum absolute atomic E-state index is 0. The van der Waals surface area contributed by atoms with Gasteiger partial charge < -0.3 is 15.0 Å². The van der Waals surface area contributed by atoms with Crippen molar-refractivity contribution in [2.75, 3.05) is 19.7 Å². The van der Waals surface area contributed by atoms with Gasteiger partial charge in [0.15, 0.2) is 0 Å². The highest BCUT2D eigenvalue weighted by Gasteiger charge is 2.37. The third-order valence-electron chi connectivity index (χ3n) is 4.64. The van der Waals surface area contributed by atoms with E-state index in [-0.39, 0.29) is 30.3 Å². The van der Waals surface area contributed by atoms with Gasteiger partial charge in [0, 0.05) is 31.8 Å². The molecule has 0 aliphatic carbocycles. The SMILES string of the molecule is CC1CN(C(=O)C2CCCOC2c2ccccc2)CC(C)N1.Cl. The molecule has 2 fully saturated rings. The Kier molecular flexibility index (Phi) is 6.45. The second kappa shape index (κ2) is 8.13. The molecule has 4 nitrogen and oxygen atoms in total. The van der Waals surface area contributed by atoms with Gasteiger partial charge >= 0.3 is 0 Å². The quantitative estimate of drug-likeness (QED) is 0.901. The minimum Gasteiger partial charge on any atom is -0.373 e. The molecular weight excluding hydrogens is 312 g/mol. The van der Waals surface area contributed by atoms with Crippen LogP contribution in [0.2, 0.25) is 0 Å². The van der Waals surface area contributed by atoms with E-state index in [2.05, 4.69) is 31.3 Å². The van der Waals surface area contributed by atoms with E-state index in [0.29, 0.717) is 12.1 Å². The van der Waals surface area contributed by atoms with Crippen molar-refractivity contribution < 1.29 is 9.53 Å². The van der Waals surface area contributed by atoms with Crippen LogP contribution in [0.15, 0.2) is 30.3 Å². The van der Waals surface area contributed by atoms with Crippen molar-refractivity contribution in [2.24, 2.45) is 5.92 Å². The van der Waals surface area contributed by atoms with Gasteiger partial charge in [0.2, 0.25) is 5.91 Å². The number of carbonyl (C=O) groups is 1. The Morgan fingerprint density at radius 2 is 1.83 bits per heavy atom. The molecule has 1 aromatic carbocycles. The molecule has 23 heavy (non-hydrogen) atoms. The molecule has 4 unspecified atom stereocenters. The van der Waals surface area contributed by atoms with E-state index < -0.39 is 0 Å². The number of piperazine rings is 1. The molecule has 3 rings (SSSR count). The predicted molar refractivity (Wildman–Crippen MR) is 93.7 cm³/mol. The lowest BCUT2D eigenvalue weighted by molar-refractivity contribution is -0.147. The summed E-state index contributed by atoms with van der Waals surface area (Å²) in [6.07, 6.45) is 1.80. The summed E-state index contributed by atoms with van der Waals surface area (Å²) in [6.45, 7) is 6.62. The zero-order valence-electron chi connectivity index (χ0n) is 13.9. The molecule has 0 saturated carbocycles. The van der Waals surface area contributed by atoms with Gasteiger partial charge in [0.1, 0.15) is 0 Å². The lowest BCUT2D eigenvalue weighted by atomic mass is 9.88. The van der Waals surface area contributed by atoms with Gasteiger partial charge in [-0.1, -0.05) is 30.3 Å². The lowest BCUT2D eigenvalue weighted by Crippen LogP contribution is -2.57. The Labute approximate surface area is 145 Å². The first kappa shape index (κ1) is 18.2. The fourth-order valence-corrected chi connectivity index (χ4v) is 3.75. The Morgan fingerprint density at radius 1 is 1.17 bits per heavy atom. The Bertz CT molecular complexity index is 501. The van der Waals surface area contributed by atoms with Gasteiger partial charge in [-0.3, -0.25) is 4.79 Å². The highest BCUT2D eigenvalue weighted by molar-refractivity contribution is 5.85. The summed E-state index contributed by atoms with van der Waals surface area (Å²) in [6, 6.07) is 10.9. The molecule has 1 N–H and O–H groups in total. The molecule has 4 atom stereocenters. The number of ether oxygens (including phenoxy) is 1. The third kappa shape index (κ3) is 4.25. The molecule has 1 aromatic rings. The molecule has 0 aromatic heterocycles. The van der Waals surface area contributed by atoms with E-state index in [9.17, 15) is 4.79 Å². The smallest absolute Gasteiger partial charge is 0.228 e. The number of halogens is 1. The van der Waals surface area contributed by atoms with Crippen LogP contribution < -0.4 is 5.32 Å². The molecule has 2 aliphatic rings. The monoisotopic (exact) mass is 338 g/mol. The second-order valence-electron chi connectivity index (χ2n) is 6.66. The topological polar surface area (TPSA) is 41.6 Å². The summed E-state index contributed by atoms with van der Waals surface area (Å²) in [7, 11) is 0. The van der Waals surface area contributed by atoms with Crippen LogP contribution in [0.25, 0.3) is 0 Å². The summed E-state index contributed by atoms with van der Waals surface area (Å²) in [5.41, 5.74) is 1.12. The molecule has 0 radical (unpaired) electrons. The van der Waals surface area contributed by atoms with Crippen molar-refractivity contribution >= 4 is 18.3 Å². The number of amides is 1. The third-order valence-corrected chi connectivity index (χ3v) is 4.64. The number of benzene rings is 1. The first-order valence-electron chi connectivity index (χ1n) is 8.36. The highest BCUT2D eigenvalue weighted by Crippen LogP contribution is 2.35. The van der Waals surface area contributed by atoms with Crippen LogP contribution in [0.4, 0.5) is 0 Å². The van der Waals surface area contributed by atoms with E-state index in [0.717, 1.165) is 38.1 Å².